The summed E-state index contributed by atoms with van der Waals surface area (Å²) in [4.78, 5) is 11.1. The second kappa shape index (κ2) is 4.78. The monoisotopic (exact) mass is 198 g/mol. The van der Waals surface area contributed by atoms with Gasteiger partial charge in [0.2, 0.25) is 5.91 Å². The van der Waals surface area contributed by atoms with Gasteiger partial charge in [0.15, 0.2) is 0 Å². The predicted molar refractivity (Wildman–Crippen MR) is 57.9 cm³/mol. The van der Waals surface area contributed by atoms with E-state index in [4.69, 9.17) is 5.73 Å². The molecule has 0 radical (unpaired) electrons. The Bertz CT molecular complexity index is 193. The van der Waals surface area contributed by atoms with Crippen molar-refractivity contribution < 1.29 is 4.79 Å². The van der Waals surface area contributed by atoms with Crippen molar-refractivity contribution in [2.75, 3.05) is 0 Å². The third-order valence-corrected chi connectivity index (χ3v) is 3.04. The Balaban J connectivity index is 2.45. The molecule has 0 saturated heterocycles. The summed E-state index contributed by atoms with van der Waals surface area (Å²) in [5.74, 6) is -0.262. The molecular formula is C11H22N2O. The maximum absolute atomic E-state index is 11.1. The molecule has 0 aromatic rings. The molecule has 0 spiro atoms. The van der Waals surface area contributed by atoms with E-state index < -0.39 is 5.54 Å². The average molecular weight is 198 g/mol. The summed E-state index contributed by atoms with van der Waals surface area (Å²) in [6.07, 6.45) is 7.55. The van der Waals surface area contributed by atoms with E-state index in [1.54, 1.807) is 0 Å². The molecule has 1 aliphatic carbocycles. The minimum absolute atomic E-state index is 0.262. The van der Waals surface area contributed by atoms with Crippen LogP contribution in [0.15, 0.2) is 0 Å². The SMILES string of the molecule is CC(C)(NC1CCCCCC1)C(N)=O. The number of carbonyl (C=O) groups is 1. The molecule has 1 fully saturated rings. The van der Waals surface area contributed by atoms with Crippen molar-refractivity contribution >= 4 is 5.91 Å². The Morgan fingerprint density at radius 2 is 1.71 bits per heavy atom. The summed E-state index contributed by atoms with van der Waals surface area (Å²) in [6.45, 7) is 3.72. The van der Waals surface area contributed by atoms with Crippen molar-refractivity contribution in [1.82, 2.24) is 5.32 Å². The van der Waals surface area contributed by atoms with Gasteiger partial charge in [-0.2, -0.15) is 0 Å². The number of primary amides is 1. The van der Waals surface area contributed by atoms with Crippen molar-refractivity contribution in [2.24, 2.45) is 5.73 Å². The van der Waals surface area contributed by atoms with Gasteiger partial charge in [-0.05, 0) is 26.7 Å². The largest absolute Gasteiger partial charge is 0.368 e. The zero-order valence-electron chi connectivity index (χ0n) is 9.31. The first-order valence-corrected chi connectivity index (χ1v) is 5.60. The second-order valence-electron chi connectivity index (χ2n) is 4.82. The van der Waals surface area contributed by atoms with Gasteiger partial charge in [0.25, 0.3) is 0 Å². The lowest BCUT2D eigenvalue weighted by molar-refractivity contribution is -0.123. The van der Waals surface area contributed by atoms with Gasteiger partial charge >= 0.3 is 0 Å². The maximum atomic E-state index is 11.1. The van der Waals surface area contributed by atoms with Crippen LogP contribution >= 0.6 is 0 Å². The second-order valence-corrected chi connectivity index (χ2v) is 4.82. The van der Waals surface area contributed by atoms with E-state index in [1.165, 1.54) is 38.5 Å². The van der Waals surface area contributed by atoms with E-state index in [9.17, 15) is 4.79 Å². The Labute approximate surface area is 86.4 Å². The molecule has 0 atom stereocenters. The number of carbonyl (C=O) groups excluding carboxylic acids is 1. The molecule has 1 rings (SSSR count). The lowest BCUT2D eigenvalue weighted by atomic mass is 10.00. The van der Waals surface area contributed by atoms with E-state index in [0.29, 0.717) is 6.04 Å². The van der Waals surface area contributed by atoms with E-state index in [0.717, 1.165) is 0 Å². The van der Waals surface area contributed by atoms with Crippen molar-refractivity contribution in [3.63, 3.8) is 0 Å². The highest BCUT2D eigenvalue weighted by atomic mass is 16.1. The van der Waals surface area contributed by atoms with Gasteiger partial charge in [0.1, 0.15) is 0 Å². The van der Waals surface area contributed by atoms with Crippen LogP contribution in [0.1, 0.15) is 52.4 Å². The highest BCUT2D eigenvalue weighted by Crippen LogP contribution is 2.19. The number of nitrogens with two attached hydrogens (primary N) is 1. The highest BCUT2D eigenvalue weighted by Gasteiger charge is 2.27. The Morgan fingerprint density at radius 1 is 1.21 bits per heavy atom. The molecule has 3 nitrogen and oxygen atoms in total. The minimum atomic E-state index is -0.561. The number of hydrogen-bond donors (Lipinski definition) is 2. The van der Waals surface area contributed by atoms with Crippen LogP contribution in [-0.2, 0) is 4.79 Å². The highest BCUT2D eigenvalue weighted by molar-refractivity contribution is 5.83. The van der Waals surface area contributed by atoms with Crippen molar-refractivity contribution in [3.05, 3.63) is 0 Å². The summed E-state index contributed by atoms with van der Waals surface area (Å²) in [7, 11) is 0. The summed E-state index contributed by atoms with van der Waals surface area (Å²) in [6, 6.07) is 0.472. The molecule has 1 saturated carbocycles. The van der Waals surface area contributed by atoms with E-state index in [1.807, 2.05) is 13.8 Å². The number of hydrogen-bond acceptors (Lipinski definition) is 2. The summed E-state index contributed by atoms with van der Waals surface area (Å²) < 4.78 is 0. The van der Waals surface area contributed by atoms with Crippen LogP contribution in [0.2, 0.25) is 0 Å². The maximum Gasteiger partial charge on any atom is 0.237 e. The van der Waals surface area contributed by atoms with Gasteiger partial charge < -0.3 is 11.1 Å². The fraction of sp³-hybridized carbons (Fsp3) is 0.909. The lowest BCUT2D eigenvalue weighted by Crippen LogP contribution is -2.54. The first-order valence-electron chi connectivity index (χ1n) is 5.60. The van der Waals surface area contributed by atoms with Crippen LogP contribution in [0.25, 0.3) is 0 Å². The van der Waals surface area contributed by atoms with Gasteiger partial charge in [-0.25, -0.2) is 0 Å². The zero-order valence-corrected chi connectivity index (χ0v) is 9.31. The van der Waals surface area contributed by atoms with Crippen LogP contribution in [0.5, 0.6) is 0 Å². The topological polar surface area (TPSA) is 55.1 Å². The molecular weight excluding hydrogens is 176 g/mol. The van der Waals surface area contributed by atoms with Crippen molar-refractivity contribution in [1.29, 1.82) is 0 Å². The first-order chi connectivity index (χ1) is 6.52. The van der Waals surface area contributed by atoms with Crippen LogP contribution in [0.3, 0.4) is 0 Å². The van der Waals surface area contributed by atoms with Crippen LogP contribution < -0.4 is 11.1 Å². The van der Waals surface area contributed by atoms with E-state index in [2.05, 4.69) is 5.32 Å². The van der Waals surface area contributed by atoms with Gasteiger partial charge in [0, 0.05) is 6.04 Å². The fourth-order valence-electron chi connectivity index (χ4n) is 2.01. The number of nitrogens with one attached hydrogen (secondary N) is 1. The molecule has 82 valence electrons. The fourth-order valence-corrected chi connectivity index (χ4v) is 2.01. The molecule has 0 aromatic heterocycles. The van der Waals surface area contributed by atoms with Gasteiger partial charge in [-0.15, -0.1) is 0 Å². The molecule has 1 aliphatic rings. The molecule has 0 bridgehead atoms. The third kappa shape index (κ3) is 3.29. The molecule has 0 heterocycles. The zero-order chi connectivity index (χ0) is 10.6. The molecule has 0 unspecified atom stereocenters. The molecule has 3 N–H and O–H groups in total. The Hall–Kier alpha value is -0.570. The molecule has 3 heteroatoms. The van der Waals surface area contributed by atoms with Gasteiger partial charge in [0.05, 0.1) is 5.54 Å². The van der Waals surface area contributed by atoms with Gasteiger partial charge in [-0.3, -0.25) is 4.79 Å². The Kier molecular flexibility index (Phi) is 3.93. The molecule has 1 amide bonds. The van der Waals surface area contributed by atoms with E-state index >= 15 is 0 Å². The molecule has 14 heavy (non-hydrogen) atoms. The molecule has 0 aliphatic heterocycles. The smallest absolute Gasteiger partial charge is 0.237 e. The molecule has 0 aromatic carbocycles. The third-order valence-electron chi connectivity index (χ3n) is 3.04. The van der Waals surface area contributed by atoms with E-state index in [-0.39, 0.29) is 5.91 Å². The average Bonchev–Trinajstić information content (AvgIpc) is 2.32. The summed E-state index contributed by atoms with van der Waals surface area (Å²) in [5.41, 5.74) is 4.76. The quantitative estimate of drug-likeness (QED) is 0.676. The van der Waals surface area contributed by atoms with Crippen LogP contribution in [0, 0.1) is 0 Å². The minimum Gasteiger partial charge on any atom is -0.368 e. The summed E-state index contributed by atoms with van der Waals surface area (Å²) in [5, 5.41) is 3.36. The lowest BCUT2D eigenvalue weighted by Gasteiger charge is -2.28. The van der Waals surface area contributed by atoms with Crippen molar-refractivity contribution in [2.45, 2.75) is 64.0 Å². The number of amides is 1. The first kappa shape index (κ1) is 11.5. The number of rotatable bonds is 3. The summed E-state index contributed by atoms with van der Waals surface area (Å²) >= 11 is 0. The van der Waals surface area contributed by atoms with Gasteiger partial charge in [-0.1, -0.05) is 25.7 Å². The van der Waals surface area contributed by atoms with Crippen LogP contribution in [0.4, 0.5) is 0 Å². The standard InChI is InChI=1S/C11H22N2O/c1-11(2,10(12)14)13-9-7-5-3-4-6-8-9/h9,13H,3-8H2,1-2H3,(H2,12,14). The normalized spacial score (nSPS) is 20.4. The van der Waals surface area contributed by atoms with Crippen LogP contribution in [-0.4, -0.2) is 17.5 Å². The Morgan fingerprint density at radius 3 is 2.14 bits per heavy atom. The predicted octanol–water partition coefficient (Wildman–Crippen LogP) is 1.56. The van der Waals surface area contributed by atoms with Crippen molar-refractivity contribution in [3.8, 4) is 0 Å².